The summed E-state index contributed by atoms with van der Waals surface area (Å²) in [7, 11) is 3.03. The first-order valence-electron chi connectivity index (χ1n) is 8.62. The fourth-order valence-electron chi connectivity index (χ4n) is 2.99. The van der Waals surface area contributed by atoms with Gasteiger partial charge in [0.05, 0.1) is 19.8 Å². The second kappa shape index (κ2) is 7.95. The number of ether oxygens (including phenoxy) is 2. The lowest BCUT2D eigenvalue weighted by molar-refractivity contribution is -0.137. The molecule has 0 spiro atoms. The molecule has 0 unspecified atom stereocenters. The standard InChI is InChI=1S/C19H20F3N3O3/c1-27-15-9-13(10-16(11-15)28-2)18(26)25-7-5-24(6-8-25)17-4-3-14(12-23-17)19(20,21)22/h3-4,9-12H,5-8H2,1-2H3. The molecule has 1 aromatic carbocycles. The Kier molecular flexibility index (Phi) is 5.62. The van der Waals surface area contributed by atoms with Gasteiger partial charge in [-0.1, -0.05) is 0 Å². The molecule has 2 heterocycles. The van der Waals surface area contributed by atoms with Gasteiger partial charge in [0.15, 0.2) is 0 Å². The first-order valence-corrected chi connectivity index (χ1v) is 8.62. The highest BCUT2D eigenvalue weighted by molar-refractivity contribution is 5.95. The number of pyridine rings is 1. The van der Waals surface area contributed by atoms with Gasteiger partial charge >= 0.3 is 6.18 Å². The van der Waals surface area contributed by atoms with Crippen molar-refractivity contribution in [1.82, 2.24) is 9.88 Å². The molecule has 6 nitrogen and oxygen atoms in total. The molecule has 2 aromatic rings. The number of nitrogens with zero attached hydrogens (tertiary/aromatic N) is 3. The van der Waals surface area contributed by atoms with Crippen molar-refractivity contribution < 1.29 is 27.4 Å². The molecular formula is C19H20F3N3O3. The van der Waals surface area contributed by atoms with Gasteiger partial charge in [-0.2, -0.15) is 13.2 Å². The average molecular weight is 395 g/mol. The number of methoxy groups -OCH3 is 2. The molecule has 0 aliphatic carbocycles. The number of carbonyl (C=O) groups is 1. The maximum Gasteiger partial charge on any atom is 0.417 e. The zero-order chi connectivity index (χ0) is 20.3. The summed E-state index contributed by atoms with van der Waals surface area (Å²) in [6, 6.07) is 7.35. The predicted octanol–water partition coefficient (Wildman–Crippen LogP) is 3.08. The number of benzene rings is 1. The molecule has 0 saturated carbocycles. The third kappa shape index (κ3) is 4.29. The molecule has 1 aliphatic heterocycles. The highest BCUT2D eigenvalue weighted by atomic mass is 19.4. The van der Waals surface area contributed by atoms with E-state index in [1.807, 2.05) is 4.90 Å². The molecule has 3 rings (SSSR count). The predicted molar refractivity (Wildman–Crippen MR) is 96.9 cm³/mol. The smallest absolute Gasteiger partial charge is 0.417 e. The van der Waals surface area contributed by atoms with E-state index in [2.05, 4.69) is 4.98 Å². The summed E-state index contributed by atoms with van der Waals surface area (Å²) < 4.78 is 48.4. The minimum absolute atomic E-state index is 0.155. The minimum atomic E-state index is -4.41. The fraction of sp³-hybridized carbons (Fsp3) is 0.368. The van der Waals surface area contributed by atoms with E-state index in [0.717, 1.165) is 12.3 Å². The molecule has 1 amide bonds. The van der Waals surface area contributed by atoms with E-state index in [4.69, 9.17) is 9.47 Å². The number of rotatable bonds is 4. The molecule has 0 radical (unpaired) electrons. The number of aromatic nitrogens is 1. The Labute approximate surface area is 160 Å². The van der Waals surface area contributed by atoms with E-state index in [1.165, 1.54) is 20.3 Å². The van der Waals surface area contributed by atoms with Gasteiger partial charge in [0, 0.05) is 44.0 Å². The van der Waals surface area contributed by atoms with Gasteiger partial charge in [0.25, 0.3) is 5.91 Å². The van der Waals surface area contributed by atoms with E-state index in [9.17, 15) is 18.0 Å². The van der Waals surface area contributed by atoms with Crippen molar-refractivity contribution in [3.05, 3.63) is 47.7 Å². The van der Waals surface area contributed by atoms with E-state index in [1.54, 1.807) is 23.1 Å². The van der Waals surface area contributed by atoms with Crippen molar-refractivity contribution in [2.24, 2.45) is 0 Å². The number of halogens is 3. The van der Waals surface area contributed by atoms with Crippen LogP contribution in [0.3, 0.4) is 0 Å². The van der Waals surface area contributed by atoms with Gasteiger partial charge in [0.2, 0.25) is 0 Å². The molecular weight excluding hydrogens is 375 g/mol. The van der Waals surface area contributed by atoms with Crippen LogP contribution in [0.2, 0.25) is 0 Å². The number of hydrogen-bond acceptors (Lipinski definition) is 5. The Balaban J connectivity index is 1.66. The monoisotopic (exact) mass is 395 g/mol. The molecule has 1 fully saturated rings. The van der Waals surface area contributed by atoms with Crippen LogP contribution >= 0.6 is 0 Å². The van der Waals surface area contributed by atoms with E-state index in [0.29, 0.717) is 49.1 Å². The van der Waals surface area contributed by atoms with Gasteiger partial charge in [0.1, 0.15) is 17.3 Å². The first-order chi connectivity index (χ1) is 13.3. The van der Waals surface area contributed by atoms with Crippen LogP contribution < -0.4 is 14.4 Å². The normalized spacial score (nSPS) is 14.8. The van der Waals surface area contributed by atoms with Crippen molar-refractivity contribution >= 4 is 11.7 Å². The van der Waals surface area contributed by atoms with Crippen molar-refractivity contribution in [1.29, 1.82) is 0 Å². The number of carbonyl (C=O) groups excluding carboxylic acids is 1. The van der Waals surface area contributed by atoms with E-state index < -0.39 is 11.7 Å². The third-order valence-electron chi connectivity index (χ3n) is 4.56. The van der Waals surface area contributed by atoms with E-state index in [-0.39, 0.29) is 5.91 Å². The van der Waals surface area contributed by atoms with Crippen molar-refractivity contribution in [2.75, 3.05) is 45.3 Å². The second-order valence-electron chi connectivity index (χ2n) is 6.28. The van der Waals surface area contributed by atoms with Crippen LogP contribution in [-0.4, -0.2) is 56.2 Å². The Bertz CT molecular complexity index is 810. The number of amides is 1. The van der Waals surface area contributed by atoms with Crippen LogP contribution in [0, 0.1) is 0 Å². The van der Waals surface area contributed by atoms with Crippen LogP contribution in [0.1, 0.15) is 15.9 Å². The topological polar surface area (TPSA) is 54.9 Å². The number of hydrogen-bond donors (Lipinski definition) is 0. The summed E-state index contributed by atoms with van der Waals surface area (Å²) >= 11 is 0. The van der Waals surface area contributed by atoms with Gasteiger partial charge in [-0.25, -0.2) is 4.98 Å². The SMILES string of the molecule is COc1cc(OC)cc(C(=O)N2CCN(c3ccc(C(F)(F)F)cn3)CC2)c1. The zero-order valence-electron chi connectivity index (χ0n) is 15.5. The van der Waals surface area contributed by atoms with Crippen LogP contribution in [0.25, 0.3) is 0 Å². The highest BCUT2D eigenvalue weighted by Crippen LogP contribution is 2.29. The molecule has 28 heavy (non-hydrogen) atoms. The maximum absolute atomic E-state index is 12.8. The molecule has 9 heteroatoms. The van der Waals surface area contributed by atoms with Crippen LogP contribution in [0.4, 0.5) is 19.0 Å². The molecule has 1 saturated heterocycles. The summed E-state index contributed by atoms with van der Waals surface area (Å²) in [5, 5.41) is 0. The number of alkyl halides is 3. The molecule has 0 atom stereocenters. The Morgan fingerprint density at radius 2 is 1.61 bits per heavy atom. The summed E-state index contributed by atoms with van der Waals surface area (Å²) in [5.74, 6) is 1.35. The second-order valence-corrected chi connectivity index (χ2v) is 6.28. The summed E-state index contributed by atoms with van der Waals surface area (Å²) in [4.78, 5) is 20.2. The number of anilines is 1. The number of piperazine rings is 1. The maximum atomic E-state index is 12.8. The minimum Gasteiger partial charge on any atom is -0.497 e. The Hall–Kier alpha value is -2.97. The van der Waals surface area contributed by atoms with Crippen LogP contribution in [0.5, 0.6) is 11.5 Å². The Morgan fingerprint density at radius 1 is 1.00 bits per heavy atom. The quantitative estimate of drug-likeness (QED) is 0.797. The largest absolute Gasteiger partial charge is 0.497 e. The molecule has 0 N–H and O–H groups in total. The first kappa shape index (κ1) is 19.8. The fourth-order valence-corrected chi connectivity index (χ4v) is 2.99. The van der Waals surface area contributed by atoms with Crippen molar-refractivity contribution in [2.45, 2.75) is 6.18 Å². The van der Waals surface area contributed by atoms with Crippen LogP contribution in [-0.2, 0) is 6.18 Å². The molecule has 1 aromatic heterocycles. The van der Waals surface area contributed by atoms with E-state index >= 15 is 0 Å². The summed E-state index contributed by atoms with van der Waals surface area (Å²) in [5.41, 5.74) is -0.325. The summed E-state index contributed by atoms with van der Waals surface area (Å²) in [6.45, 7) is 1.82. The van der Waals surface area contributed by atoms with Gasteiger partial charge < -0.3 is 19.3 Å². The highest BCUT2D eigenvalue weighted by Gasteiger charge is 2.31. The average Bonchev–Trinajstić information content (AvgIpc) is 2.72. The lowest BCUT2D eigenvalue weighted by atomic mass is 10.1. The van der Waals surface area contributed by atoms with Gasteiger partial charge in [-0.3, -0.25) is 4.79 Å². The van der Waals surface area contributed by atoms with Crippen molar-refractivity contribution in [3.8, 4) is 11.5 Å². The molecule has 0 bridgehead atoms. The van der Waals surface area contributed by atoms with Crippen LogP contribution in [0.15, 0.2) is 36.5 Å². The van der Waals surface area contributed by atoms with Crippen molar-refractivity contribution in [3.63, 3.8) is 0 Å². The lowest BCUT2D eigenvalue weighted by Crippen LogP contribution is -2.49. The summed E-state index contributed by atoms with van der Waals surface area (Å²) in [6.07, 6.45) is -3.58. The lowest BCUT2D eigenvalue weighted by Gasteiger charge is -2.35. The zero-order valence-corrected chi connectivity index (χ0v) is 15.5. The third-order valence-corrected chi connectivity index (χ3v) is 4.56. The Morgan fingerprint density at radius 3 is 2.07 bits per heavy atom. The molecule has 150 valence electrons. The van der Waals surface area contributed by atoms with Gasteiger partial charge in [-0.05, 0) is 24.3 Å². The van der Waals surface area contributed by atoms with Gasteiger partial charge in [-0.15, -0.1) is 0 Å². The molecule has 1 aliphatic rings.